The van der Waals surface area contributed by atoms with E-state index in [2.05, 4.69) is 0 Å². The molecule has 0 unspecified atom stereocenters. The summed E-state index contributed by atoms with van der Waals surface area (Å²) in [6.07, 6.45) is 6.25. The van der Waals surface area contributed by atoms with Crippen LogP contribution in [0.15, 0.2) is 0 Å². The molecule has 1 aliphatic carbocycles. The highest BCUT2D eigenvalue weighted by Crippen LogP contribution is 2.27. The van der Waals surface area contributed by atoms with E-state index in [0.29, 0.717) is 4.78 Å². The fourth-order valence-corrected chi connectivity index (χ4v) is 1.98. The third kappa shape index (κ3) is 1.76. The van der Waals surface area contributed by atoms with Crippen LogP contribution >= 0.6 is 0 Å². The molecule has 0 heterocycles. The molecule has 0 saturated heterocycles. The van der Waals surface area contributed by atoms with Crippen molar-refractivity contribution in [2.24, 2.45) is 0 Å². The van der Waals surface area contributed by atoms with E-state index in [4.69, 9.17) is 0 Å². The first kappa shape index (κ1) is 6.58. The van der Waals surface area contributed by atoms with Gasteiger partial charge in [0.1, 0.15) is 0 Å². The molecule has 1 aliphatic rings. The zero-order valence-corrected chi connectivity index (χ0v) is 6.22. The van der Waals surface area contributed by atoms with Crippen LogP contribution in [0.4, 0.5) is 3.52 Å². The monoisotopic (exact) mass is 129 g/mol. The lowest BCUT2D eigenvalue weighted by Crippen LogP contribution is -2.03. The normalized spacial score (nSPS) is 23.1. The summed E-state index contributed by atoms with van der Waals surface area (Å²) in [6, 6.07) is 0. The van der Waals surface area contributed by atoms with E-state index >= 15 is 0 Å². The fourth-order valence-electron chi connectivity index (χ4n) is 1.26. The third-order valence-electron chi connectivity index (χ3n) is 1.83. The number of halogens is 1. The van der Waals surface area contributed by atoms with E-state index in [1.165, 1.54) is 32.1 Å². The molecule has 0 amide bonds. The second kappa shape index (κ2) is 3.48. The standard InChI is InChI=1S/C6H11.Al.FH/c1-2-4-6-5-3-1;;/h1H,2-6H2;;1H/q;+1;/p-1. The van der Waals surface area contributed by atoms with Crippen LogP contribution in [0.5, 0.6) is 0 Å². The Morgan fingerprint density at radius 3 is 2.12 bits per heavy atom. The molecule has 45 valence electrons. The van der Waals surface area contributed by atoms with Crippen LogP contribution in [0, 0.1) is 0 Å². The third-order valence-corrected chi connectivity index (χ3v) is 2.85. The molecule has 0 bridgehead atoms. The molecule has 0 nitrogen and oxygen atoms in total. The Morgan fingerprint density at radius 1 is 1.12 bits per heavy atom. The van der Waals surface area contributed by atoms with Gasteiger partial charge >= 0.3 is 15.7 Å². The van der Waals surface area contributed by atoms with Crippen LogP contribution in [0.3, 0.4) is 0 Å². The van der Waals surface area contributed by atoms with E-state index in [-0.39, 0.29) is 0 Å². The first-order valence-electron chi connectivity index (χ1n) is 3.37. The zero-order valence-electron chi connectivity index (χ0n) is 5.07. The Balaban J connectivity index is 2.13. The van der Waals surface area contributed by atoms with E-state index in [9.17, 15) is 3.52 Å². The van der Waals surface area contributed by atoms with Crippen LogP contribution in [-0.4, -0.2) is 15.7 Å². The van der Waals surface area contributed by atoms with Gasteiger partial charge in [-0.15, -0.1) is 0 Å². The summed E-state index contributed by atoms with van der Waals surface area (Å²) < 4.78 is 12.5. The highest BCUT2D eigenvalue weighted by atomic mass is 27.2. The van der Waals surface area contributed by atoms with Crippen molar-refractivity contribution in [3.63, 3.8) is 0 Å². The lowest BCUT2D eigenvalue weighted by Gasteiger charge is -2.16. The summed E-state index contributed by atoms with van der Waals surface area (Å²) >= 11 is -0.712. The van der Waals surface area contributed by atoms with Gasteiger partial charge in [0.2, 0.25) is 0 Å². The molecule has 0 atom stereocenters. The van der Waals surface area contributed by atoms with Gasteiger partial charge in [-0.25, -0.2) is 0 Å². The smallest absolute Gasteiger partial charge is 0.431 e. The molecule has 1 radical (unpaired) electrons. The molecule has 0 aliphatic heterocycles. The predicted octanol–water partition coefficient (Wildman–Crippen LogP) is 2.33. The van der Waals surface area contributed by atoms with Gasteiger partial charge in [0, 0.05) is 0 Å². The van der Waals surface area contributed by atoms with Crippen molar-refractivity contribution in [1.82, 2.24) is 0 Å². The van der Waals surface area contributed by atoms with Gasteiger partial charge in [-0.1, -0.05) is 36.9 Å². The van der Waals surface area contributed by atoms with Gasteiger partial charge in [-0.2, -0.15) is 0 Å². The minimum absolute atomic E-state index is 0.503. The molecule has 1 saturated carbocycles. The average molecular weight is 129 g/mol. The molecular formula is C6H11AlF. The van der Waals surface area contributed by atoms with Crippen molar-refractivity contribution < 1.29 is 3.52 Å². The van der Waals surface area contributed by atoms with Crippen LogP contribution in [-0.2, 0) is 0 Å². The fraction of sp³-hybridized carbons (Fsp3) is 1.00. The summed E-state index contributed by atoms with van der Waals surface area (Å²) in [6.45, 7) is 0. The molecule has 8 heavy (non-hydrogen) atoms. The maximum atomic E-state index is 12.0. The Labute approximate surface area is 56.7 Å². The zero-order chi connectivity index (χ0) is 5.82. The molecule has 2 heteroatoms. The minimum atomic E-state index is -0.712. The summed E-state index contributed by atoms with van der Waals surface area (Å²) in [5, 5.41) is 0. The largest absolute Gasteiger partial charge is 0.494 e. The van der Waals surface area contributed by atoms with Crippen LogP contribution in [0.2, 0.25) is 4.78 Å². The molecule has 1 rings (SSSR count). The Hall–Kier alpha value is 0.462. The van der Waals surface area contributed by atoms with Gasteiger partial charge in [0.25, 0.3) is 0 Å². The second-order valence-electron chi connectivity index (χ2n) is 2.52. The van der Waals surface area contributed by atoms with Crippen molar-refractivity contribution in [1.29, 1.82) is 0 Å². The Morgan fingerprint density at radius 2 is 1.75 bits per heavy atom. The number of rotatable bonds is 1. The summed E-state index contributed by atoms with van der Waals surface area (Å²) in [7, 11) is 0. The predicted molar refractivity (Wildman–Crippen MR) is 33.7 cm³/mol. The number of hydrogen-bond acceptors (Lipinski definition) is 0. The van der Waals surface area contributed by atoms with Crippen molar-refractivity contribution in [3.8, 4) is 0 Å². The maximum Gasteiger partial charge on any atom is 0.494 e. The topological polar surface area (TPSA) is 0 Å². The summed E-state index contributed by atoms with van der Waals surface area (Å²) in [5.41, 5.74) is 0. The van der Waals surface area contributed by atoms with E-state index in [1.807, 2.05) is 0 Å². The van der Waals surface area contributed by atoms with Crippen molar-refractivity contribution in [2.45, 2.75) is 36.9 Å². The summed E-state index contributed by atoms with van der Waals surface area (Å²) in [5.74, 6) is 0. The molecule has 0 aromatic rings. The van der Waals surface area contributed by atoms with Gasteiger partial charge in [-0.05, 0) is 0 Å². The molecule has 0 spiro atoms. The highest BCUT2D eigenvalue weighted by molar-refractivity contribution is 6.28. The van der Waals surface area contributed by atoms with Crippen molar-refractivity contribution in [2.75, 3.05) is 0 Å². The first-order chi connectivity index (χ1) is 3.93. The van der Waals surface area contributed by atoms with E-state index in [1.54, 1.807) is 0 Å². The lowest BCUT2D eigenvalue weighted by atomic mass is 10.0. The molecule has 1 fully saturated rings. The highest BCUT2D eigenvalue weighted by Gasteiger charge is 2.15. The van der Waals surface area contributed by atoms with Crippen LogP contribution < -0.4 is 0 Å². The molecule has 0 N–H and O–H groups in total. The van der Waals surface area contributed by atoms with Crippen LogP contribution in [0.25, 0.3) is 0 Å². The Bertz CT molecular complexity index is 59.5. The van der Waals surface area contributed by atoms with Gasteiger partial charge in [0.15, 0.2) is 0 Å². The van der Waals surface area contributed by atoms with Crippen molar-refractivity contribution in [3.05, 3.63) is 0 Å². The van der Waals surface area contributed by atoms with E-state index in [0.717, 1.165) is 0 Å². The van der Waals surface area contributed by atoms with Gasteiger partial charge in [0.05, 0.1) is 0 Å². The maximum absolute atomic E-state index is 12.0. The first-order valence-corrected chi connectivity index (χ1v) is 4.47. The molecular weight excluding hydrogens is 118 g/mol. The average Bonchev–Trinajstić information content (AvgIpc) is 1.90. The second-order valence-corrected chi connectivity index (χ2v) is 3.72. The quantitative estimate of drug-likeness (QED) is 0.476. The lowest BCUT2D eigenvalue weighted by molar-refractivity contribution is 0.489. The Kier molecular flexibility index (Phi) is 2.86. The van der Waals surface area contributed by atoms with Crippen LogP contribution in [0.1, 0.15) is 32.1 Å². The summed E-state index contributed by atoms with van der Waals surface area (Å²) in [4.78, 5) is 0. The minimum Gasteiger partial charge on any atom is -0.431 e. The molecule has 0 aromatic heterocycles. The van der Waals surface area contributed by atoms with E-state index < -0.39 is 15.7 Å². The molecule has 0 aromatic carbocycles. The van der Waals surface area contributed by atoms with Crippen molar-refractivity contribution >= 4 is 15.7 Å². The van der Waals surface area contributed by atoms with Gasteiger partial charge < -0.3 is 3.52 Å². The number of hydrogen-bond donors (Lipinski definition) is 0. The van der Waals surface area contributed by atoms with Gasteiger partial charge in [-0.3, -0.25) is 0 Å². The SMILES string of the molecule is [F][Al][CH]1CCCCC1.